The predicted molar refractivity (Wildman–Crippen MR) is 68.9 cm³/mol. The fraction of sp³-hybridized carbons (Fsp3) is 0.333. The van der Waals surface area contributed by atoms with Crippen LogP contribution in [0.1, 0.15) is 24.4 Å². The first kappa shape index (κ1) is 13.0. The Morgan fingerprint density at radius 2 is 2.11 bits per heavy atom. The molecule has 6 heteroatoms. The Kier molecular flexibility index (Phi) is 3.68. The lowest BCUT2D eigenvalue weighted by molar-refractivity contribution is 0.596. The summed E-state index contributed by atoms with van der Waals surface area (Å²) >= 11 is 1.26. The zero-order valence-corrected chi connectivity index (χ0v) is 11.3. The normalized spacial score (nSPS) is 12.7. The molecule has 1 atom stereocenters. The Bertz CT molecular complexity index is 565. The third-order valence-electron chi connectivity index (χ3n) is 2.74. The molecule has 0 aliphatic carbocycles. The third kappa shape index (κ3) is 2.54. The zero-order valence-electron chi connectivity index (χ0n) is 10.5. The lowest BCUT2D eigenvalue weighted by atomic mass is 10.1. The minimum absolute atomic E-state index is 0.171. The summed E-state index contributed by atoms with van der Waals surface area (Å²) in [6.07, 6.45) is 0. The van der Waals surface area contributed by atoms with E-state index in [-0.39, 0.29) is 11.9 Å². The van der Waals surface area contributed by atoms with E-state index in [0.29, 0.717) is 10.1 Å². The van der Waals surface area contributed by atoms with Crippen LogP contribution >= 0.6 is 11.8 Å². The van der Waals surface area contributed by atoms with Crippen LogP contribution in [0, 0.1) is 12.7 Å². The van der Waals surface area contributed by atoms with E-state index in [1.807, 2.05) is 31.5 Å². The van der Waals surface area contributed by atoms with E-state index in [1.54, 1.807) is 6.07 Å². The van der Waals surface area contributed by atoms with Crippen LogP contribution in [0.3, 0.4) is 0 Å². The smallest absolute Gasteiger partial charge is 0.195 e. The second-order valence-electron chi connectivity index (χ2n) is 4.17. The summed E-state index contributed by atoms with van der Waals surface area (Å²) in [4.78, 5) is 0.523. The quantitative estimate of drug-likeness (QED) is 0.927. The highest BCUT2D eigenvalue weighted by atomic mass is 32.2. The Labute approximate surface area is 109 Å². The van der Waals surface area contributed by atoms with Crippen LogP contribution < -0.4 is 5.73 Å². The van der Waals surface area contributed by atoms with Crippen molar-refractivity contribution >= 4 is 11.8 Å². The number of hydrogen-bond donors (Lipinski definition) is 1. The minimum Gasteiger partial charge on any atom is -0.324 e. The predicted octanol–water partition coefficient (Wildman–Crippen LogP) is 2.43. The highest BCUT2D eigenvalue weighted by Crippen LogP contribution is 2.29. The van der Waals surface area contributed by atoms with Gasteiger partial charge in [-0.15, -0.1) is 10.2 Å². The number of aromatic nitrogens is 3. The van der Waals surface area contributed by atoms with E-state index >= 15 is 0 Å². The van der Waals surface area contributed by atoms with Crippen molar-refractivity contribution in [2.75, 3.05) is 0 Å². The molecule has 0 spiro atoms. The molecule has 1 aromatic carbocycles. The van der Waals surface area contributed by atoms with Crippen molar-refractivity contribution in [3.05, 3.63) is 35.4 Å². The molecule has 1 heterocycles. The summed E-state index contributed by atoms with van der Waals surface area (Å²) in [5.74, 6) is 0.514. The van der Waals surface area contributed by atoms with Crippen molar-refractivity contribution in [2.24, 2.45) is 12.8 Å². The number of rotatable bonds is 3. The number of halogens is 1. The molecule has 1 unspecified atom stereocenters. The maximum Gasteiger partial charge on any atom is 0.195 e. The van der Waals surface area contributed by atoms with Gasteiger partial charge in [-0.05, 0) is 43.3 Å². The molecule has 0 amide bonds. The van der Waals surface area contributed by atoms with Gasteiger partial charge in [-0.3, -0.25) is 0 Å². The molecule has 2 N–H and O–H groups in total. The number of hydrogen-bond acceptors (Lipinski definition) is 4. The van der Waals surface area contributed by atoms with E-state index in [0.717, 1.165) is 11.4 Å². The second kappa shape index (κ2) is 5.07. The summed E-state index contributed by atoms with van der Waals surface area (Å²) in [6.45, 7) is 3.68. The van der Waals surface area contributed by atoms with Crippen LogP contribution in [0.4, 0.5) is 4.39 Å². The van der Waals surface area contributed by atoms with Gasteiger partial charge in [0.05, 0.1) is 4.90 Å². The van der Waals surface area contributed by atoms with Crippen LogP contribution in [0.15, 0.2) is 28.3 Å². The van der Waals surface area contributed by atoms with Crippen LogP contribution in [0.2, 0.25) is 0 Å². The second-order valence-corrected chi connectivity index (χ2v) is 5.18. The molecule has 0 aliphatic heterocycles. The summed E-state index contributed by atoms with van der Waals surface area (Å²) in [6, 6.07) is 4.86. The lowest BCUT2D eigenvalue weighted by Crippen LogP contribution is -2.05. The Morgan fingerprint density at radius 1 is 1.39 bits per heavy atom. The molecule has 0 radical (unpaired) electrons. The van der Waals surface area contributed by atoms with Gasteiger partial charge in [-0.25, -0.2) is 4.39 Å². The molecule has 0 saturated heterocycles. The van der Waals surface area contributed by atoms with Gasteiger partial charge >= 0.3 is 0 Å². The minimum atomic E-state index is -0.282. The van der Waals surface area contributed by atoms with Gasteiger partial charge in [0.25, 0.3) is 0 Å². The van der Waals surface area contributed by atoms with E-state index in [2.05, 4.69) is 10.2 Å². The van der Waals surface area contributed by atoms with Crippen molar-refractivity contribution in [2.45, 2.75) is 29.9 Å². The number of nitrogens with two attached hydrogens (primary N) is 1. The first-order chi connectivity index (χ1) is 8.49. The van der Waals surface area contributed by atoms with Crippen LogP contribution in [-0.2, 0) is 7.05 Å². The average molecular weight is 266 g/mol. The van der Waals surface area contributed by atoms with E-state index in [4.69, 9.17) is 5.73 Å². The number of aryl methyl sites for hydroxylation is 1. The van der Waals surface area contributed by atoms with Crippen molar-refractivity contribution < 1.29 is 4.39 Å². The van der Waals surface area contributed by atoms with E-state index < -0.39 is 0 Å². The van der Waals surface area contributed by atoms with Crippen molar-refractivity contribution in [1.82, 2.24) is 14.8 Å². The maximum absolute atomic E-state index is 13.9. The van der Waals surface area contributed by atoms with Gasteiger partial charge in [0.1, 0.15) is 11.6 Å². The van der Waals surface area contributed by atoms with Gasteiger partial charge in [0.2, 0.25) is 0 Å². The van der Waals surface area contributed by atoms with Crippen molar-refractivity contribution in [3.63, 3.8) is 0 Å². The third-order valence-corrected chi connectivity index (χ3v) is 3.82. The lowest BCUT2D eigenvalue weighted by Gasteiger charge is -2.08. The zero-order chi connectivity index (χ0) is 13.3. The molecule has 4 nitrogen and oxygen atoms in total. The molecule has 1 aromatic heterocycles. The SMILES string of the molecule is Cc1nnc(Sc2ccc(C(C)N)cc2F)n1C. The Balaban J connectivity index is 2.27. The van der Waals surface area contributed by atoms with Crippen LogP contribution in [0.5, 0.6) is 0 Å². The molecule has 18 heavy (non-hydrogen) atoms. The molecule has 0 saturated carbocycles. The monoisotopic (exact) mass is 266 g/mol. The molecule has 2 aromatic rings. The average Bonchev–Trinajstić information content (AvgIpc) is 2.63. The van der Waals surface area contributed by atoms with Gasteiger partial charge in [0.15, 0.2) is 5.16 Å². The number of nitrogens with zero attached hydrogens (tertiary/aromatic N) is 3. The highest BCUT2D eigenvalue weighted by molar-refractivity contribution is 7.99. The molecule has 96 valence electrons. The maximum atomic E-state index is 13.9. The van der Waals surface area contributed by atoms with Crippen molar-refractivity contribution in [1.29, 1.82) is 0 Å². The highest BCUT2D eigenvalue weighted by Gasteiger charge is 2.11. The largest absolute Gasteiger partial charge is 0.324 e. The molecule has 0 bridgehead atoms. The summed E-state index contributed by atoms with van der Waals surface area (Å²) in [5.41, 5.74) is 6.50. The number of benzene rings is 1. The molecule has 2 rings (SSSR count). The Morgan fingerprint density at radius 3 is 2.61 bits per heavy atom. The van der Waals surface area contributed by atoms with Gasteiger partial charge in [-0.1, -0.05) is 6.07 Å². The summed E-state index contributed by atoms with van der Waals surface area (Å²) in [5, 5.41) is 8.60. The standard InChI is InChI=1S/C12H15FN4S/c1-7(14)9-4-5-11(10(13)6-9)18-12-16-15-8(2)17(12)3/h4-7H,14H2,1-3H3. The van der Waals surface area contributed by atoms with Gasteiger partial charge in [0, 0.05) is 13.1 Å². The summed E-state index contributed by atoms with van der Waals surface area (Å²) in [7, 11) is 1.85. The fourth-order valence-electron chi connectivity index (χ4n) is 1.46. The van der Waals surface area contributed by atoms with Gasteiger partial charge in [-0.2, -0.15) is 0 Å². The molecular weight excluding hydrogens is 251 g/mol. The molecule has 0 aliphatic rings. The molecular formula is C12H15FN4S. The summed E-state index contributed by atoms with van der Waals surface area (Å²) < 4.78 is 15.7. The fourth-order valence-corrected chi connectivity index (χ4v) is 2.30. The van der Waals surface area contributed by atoms with E-state index in [1.165, 1.54) is 17.8 Å². The Hall–Kier alpha value is -1.40. The topological polar surface area (TPSA) is 56.7 Å². The van der Waals surface area contributed by atoms with Gasteiger partial charge < -0.3 is 10.3 Å². The van der Waals surface area contributed by atoms with E-state index in [9.17, 15) is 4.39 Å². The van der Waals surface area contributed by atoms with Crippen molar-refractivity contribution in [3.8, 4) is 0 Å². The first-order valence-electron chi connectivity index (χ1n) is 5.58. The van der Waals surface area contributed by atoms with Crippen LogP contribution in [-0.4, -0.2) is 14.8 Å². The van der Waals surface area contributed by atoms with Crippen LogP contribution in [0.25, 0.3) is 0 Å². The first-order valence-corrected chi connectivity index (χ1v) is 6.39. The molecule has 0 fully saturated rings.